The number of fused-ring (bicyclic) bond motifs is 2. The predicted molar refractivity (Wildman–Crippen MR) is 61.3 cm³/mol. The molecule has 1 fully saturated rings. The molecule has 0 saturated carbocycles. The summed E-state index contributed by atoms with van der Waals surface area (Å²) in [6, 6.07) is 7.98. The third kappa shape index (κ3) is 1.10. The second kappa shape index (κ2) is 2.84. The molecule has 1 amide bonds. The summed E-state index contributed by atoms with van der Waals surface area (Å²) >= 11 is 0. The Balaban J connectivity index is 2.11. The molecule has 16 heavy (non-hydrogen) atoms. The van der Waals surface area contributed by atoms with E-state index in [9.17, 15) is 4.79 Å². The van der Waals surface area contributed by atoms with Gasteiger partial charge in [-0.15, -0.1) is 0 Å². The summed E-state index contributed by atoms with van der Waals surface area (Å²) in [5.41, 5.74) is 1.61. The van der Waals surface area contributed by atoms with Crippen LogP contribution >= 0.6 is 0 Å². The first kappa shape index (κ1) is 9.39. The average molecular weight is 215 g/mol. The first-order valence-corrected chi connectivity index (χ1v) is 5.35. The lowest BCUT2D eigenvalue weighted by atomic mass is 10.0. The fourth-order valence-electron chi connectivity index (χ4n) is 2.11. The molecule has 2 aliphatic heterocycles. The summed E-state index contributed by atoms with van der Waals surface area (Å²) in [7, 11) is 0. The molecule has 0 atom stereocenters. The minimum Gasteiger partial charge on any atom is -0.324 e. The molecule has 1 aromatic rings. The fourth-order valence-corrected chi connectivity index (χ4v) is 2.11. The summed E-state index contributed by atoms with van der Waals surface area (Å²) in [6.07, 6.45) is 0. The van der Waals surface area contributed by atoms with E-state index < -0.39 is 5.54 Å². The lowest BCUT2D eigenvalue weighted by Gasteiger charge is -2.32. The van der Waals surface area contributed by atoms with E-state index in [2.05, 4.69) is 16.4 Å². The van der Waals surface area contributed by atoms with Gasteiger partial charge in [0, 0.05) is 6.54 Å². The Morgan fingerprint density at radius 3 is 2.94 bits per heavy atom. The summed E-state index contributed by atoms with van der Waals surface area (Å²) in [5, 5.41) is 2.82. The van der Waals surface area contributed by atoms with Gasteiger partial charge in [-0.05, 0) is 25.5 Å². The summed E-state index contributed by atoms with van der Waals surface area (Å²) in [5.74, 6) is 0.688. The van der Waals surface area contributed by atoms with E-state index in [1.165, 1.54) is 0 Å². The van der Waals surface area contributed by atoms with Crippen molar-refractivity contribution in [2.24, 2.45) is 4.99 Å². The van der Waals surface area contributed by atoms with Crippen LogP contribution in [0.1, 0.15) is 19.4 Å². The van der Waals surface area contributed by atoms with E-state index in [1.807, 2.05) is 36.9 Å². The molecule has 1 aromatic carbocycles. The number of guanidine groups is 1. The number of carbonyl (C=O) groups is 1. The maximum Gasteiger partial charge on any atom is 0.252 e. The van der Waals surface area contributed by atoms with Crippen molar-refractivity contribution in [2.45, 2.75) is 25.9 Å². The zero-order valence-electron chi connectivity index (χ0n) is 9.32. The number of benzene rings is 1. The van der Waals surface area contributed by atoms with Crippen LogP contribution in [0.5, 0.6) is 0 Å². The molecule has 0 bridgehead atoms. The SMILES string of the molecule is CC1(C)C(=O)NC2=Nc3ccccc3CN21. The van der Waals surface area contributed by atoms with Crippen LogP contribution < -0.4 is 5.32 Å². The van der Waals surface area contributed by atoms with Crippen LogP contribution in [0.15, 0.2) is 29.3 Å². The zero-order valence-corrected chi connectivity index (χ0v) is 9.32. The number of hydrogen-bond acceptors (Lipinski definition) is 3. The molecule has 4 nitrogen and oxygen atoms in total. The van der Waals surface area contributed by atoms with Gasteiger partial charge in [-0.2, -0.15) is 0 Å². The fraction of sp³-hybridized carbons (Fsp3) is 0.333. The number of rotatable bonds is 0. The molecule has 3 rings (SSSR count). The van der Waals surface area contributed by atoms with Gasteiger partial charge in [0.2, 0.25) is 5.96 Å². The highest BCUT2D eigenvalue weighted by Crippen LogP contribution is 2.32. The second-order valence-corrected chi connectivity index (χ2v) is 4.66. The van der Waals surface area contributed by atoms with Crippen molar-refractivity contribution >= 4 is 17.6 Å². The summed E-state index contributed by atoms with van der Waals surface area (Å²) < 4.78 is 0. The van der Waals surface area contributed by atoms with Crippen molar-refractivity contribution in [2.75, 3.05) is 0 Å². The standard InChI is InChI=1S/C12H13N3O/c1-12(2)10(16)14-11-13-9-6-4-3-5-8(9)7-15(11)12/h3-6H,7H2,1-2H3,(H,13,14,16). The van der Waals surface area contributed by atoms with Crippen LogP contribution in [0.4, 0.5) is 5.69 Å². The average Bonchev–Trinajstić information content (AvgIpc) is 2.48. The van der Waals surface area contributed by atoms with Crippen LogP contribution in [-0.4, -0.2) is 22.3 Å². The zero-order chi connectivity index (χ0) is 11.3. The quantitative estimate of drug-likeness (QED) is 0.711. The van der Waals surface area contributed by atoms with Gasteiger partial charge in [-0.25, -0.2) is 4.99 Å². The molecular weight excluding hydrogens is 202 g/mol. The third-order valence-corrected chi connectivity index (χ3v) is 3.26. The predicted octanol–water partition coefficient (Wildman–Crippen LogP) is 1.40. The Bertz CT molecular complexity index is 505. The highest BCUT2D eigenvalue weighted by Gasteiger charge is 2.45. The van der Waals surface area contributed by atoms with Crippen molar-refractivity contribution in [3.05, 3.63) is 29.8 Å². The number of nitrogens with zero attached hydrogens (tertiary/aromatic N) is 2. The normalized spacial score (nSPS) is 21.0. The van der Waals surface area contributed by atoms with Gasteiger partial charge < -0.3 is 4.90 Å². The van der Waals surface area contributed by atoms with Gasteiger partial charge in [-0.3, -0.25) is 10.1 Å². The number of carbonyl (C=O) groups excluding carboxylic acids is 1. The van der Waals surface area contributed by atoms with E-state index in [0.29, 0.717) is 5.96 Å². The molecule has 0 aromatic heterocycles. The molecule has 1 N–H and O–H groups in total. The van der Waals surface area contributed by atoms with Crippen molar-refractivity contribution < 1.29 is 4.79 Å². The lowest BCUT2D eigenvalue weighted by Crippen LogP contribution is -2.44. The van der Waals surface area contributed by atoms with Crippen LogP contribution in [0.25, 0.3) is 0 Å². The molecule has 0 aliphatic carbocycles. The maximum absolute atomic E-state index is 11.8. The monoisotopic (exact) mass is 215 g/mol. The van der Waals surface area contributed by atoms with Gasteiger partial charge in [0.15, 0.2) is 0 Å². The Hall–Kier alpha value is -1.84. The minimum atomic E-state index is -0.508. The molecule has 4 heteroatoms. The molecule has 82 valence electrons. The molecule has 2 aliphatic rings. The molecule has 0 spiro atoms. The molecule has 1 saturated heterocycles. The number of nitrogens with one attached hydrogen (secondary N) is 1. The van der Waals surface area contributed by atoms with E-state index in [-0.39, 0.29) is 5.91 Å². The van der Waals surface area contributed by atoms with Gasteiger partial charge in [0.05, 0.1) is 5.69 Å². The summed E-state index contributed by atoms with van der Waals surface area (Å²) in [4.78, 5) is 18.3. The third-order valence-electron chi connectivity index (χ3n) is 3.26. The van der Waals surface area contributed by atoms with Crippen molar-refractivity contribution in [1.29, 1.82) is 0 Å². The largest absolute Gasteiger partial charge is 0.324 e. The number of hydrogen-bond donors (Lipinski definition) is 1. The van der Waals surface area contributed by atoms with Crippen molar-refractivity contribution in [1.82, 2.24) is 10.2 Å². The molecular formula is C12H13N3O. The second-order valence-electron chi connectivity index (χ2n) is 4.66. The Kier molecular flexibility index (Phi) is 1.67. The highest BCUT2D eigenvalue weighted by molar-refractivity contribution is 6.09. The van der Waals surface area contributed by atoms with E-state index in [4.69, 9.17) is 0 Å². The van der Waals surface area contributed by atoms with E-state index in [1.54, 1.807) is 0 Å². The first-order valence-electron chi connectivity index (χ1n) is 5.35. The number of para-hydroxylation sites is 1. The van der Waals surface area contributed by atoms with Gasteiger partial charge in [0.25, 0.3) is 5.91 Å². The van der Waals surface area contributed by atoms with Crippen LogP contribution in [0.2, 0.25) is 0 Å². The van der Waals surface area contributed by atoms with E-state index >= 15 is 0 Å². The van der Waals surface area contributed by atoms with Gasteiger partial charge in [0.1, 0.15) is 5.54 Å². The van der Waals surface area contributed by atoms with Crippen LogP contribution in [-0.2, 0) is 11.3 Å². The Labute approximate surface area is 94.0 Å². The molecule has 2 heterocycles. The highest BCUT2D eigenvalue weighted by atomic mass is 16.2. The van der Waals surface area contributed by atoms with E-state index in [0.717, 1.165) is 17.8 Å². The maximum atomic E-state index is 11.8. The van der Waals surface area contributed by atoms with Crippen LogP contribution in [0, 0.1) is 0 Å². The lowest BCUT2D eigenvalue weighted by molar-refractivity contribution is -0.125. The first-order chi connectivity index (χ1) is 7.59. The molecule has 0 radical (unpaired) electrons. The summed E-state index contributed by atoms with van der Waals surface area (Å²) in [6.45, 7) is 4.57. The topological polar surface area (TPSA) is 44.7 Å². The minimum absolute atomic E-state index is 0.0130. The molecule has 0 unspecified atom stereocenters. The van der Waals surface area contributed by atoms with Crippen molar-refractivity contribution in [3.8, 4) is 0 Å². The van der Waals surface area contributed by atoms with Crippen LogP contribution in [0.3, 0.4) is 0 Å². The van der Waals surface area contributed by atoms with Gasteiger partial charge >= 0.3 is 0 Å². The number of aliphatic imine (C=N–C) groups is 1. The Morgan fingerprint density at radius 2 is 2.12 bits per heavy atom. The number of amides is 1. The van der Waals surface area contributed by atoms with Crippen molar-refractivity contribution in [3.63, 3.8) is 0 Å². The Morgan fingerprint density at radius 1 is 1.38 bits per heavy atom. The van der Waals surface area contributed by atoms with Gasteiger partial charge in [-0.1, -0.05) is 18.2 Å². The smallest absolute Gasteiger partial charge is 0.252 e.